The number of amides is 2. The van der Waals surface area contributed by atoms with Crippen molar-refractivity contribution >= 4 is 23.6 Å². The van der Waals surface area contributed by atoms with Crippen LogP contribution in [0.25, 0.3) is 0 Å². The van der Waals surface area contributed by atoms with Gasteiger partial charge < -0.3 is 10.6 Å². The number of nitrogens with one attached hydrogen (secondary N) is 2. The molecule has 0 aliphatic heterocycles. The van der Waals surface area contributed by atoms with Crippen LogP contribution in [0.3, 0.4) is 0 Å². The Morgan fingerprint density at radius 2 is 1.88 bits per heavy atom. The van der Waals surface area contributed by atoms with Crippen LogP contribution in [0.2, 0.25) is 0 Å². The molecule has 1 aromatic carbocycles. The minimum Gasteiger partial charge on any atom is -0.353 e. The van der Waals surface area contributed by atoms with Gasteiger partial charge in [0.05, 0.1) is 0 Å². The molecule has 1 aliphatic rings. The molecule has 1 unspecified atom stereocenters. The van der Waals surface area contributed by atoms with Crippen molar-refractivity contribution in [3.8, 4) is 0 Å². The Kier molecular flexibility index (Phi) is 7.63. The van der Waals surface area contributed by atoms with Gasteiger partial charge in [-0.2, -0.15) is 11.8 Å². The van der Waals surface area contributed by atoms with Gasteiger partial charge in [-0.15, -0.1) is 0 Å². The van der Waals surface area contributed by atoms with Crippen LogP contribution in [0.15, 0.2) is 24.3 Å². The van der Waals surface area contributed by atoms with Gasteiger partial charge in [0.25, 0.3) is 0 Å². The summed E-state index contributed by atoms with van der Waals surface area (Å²) in [7, 11) is 0. The van der Waals surface area contributed by atoms with Gasteiger partial charge in [-0.05, 0) is 31.2 Å². The summed E-state index contributed by atoms with van der Waals surface area (Å²) in [5.74, 6) is 1.95. The Hall–Kier alpha value is -1.49. The first-order valence-electron chi connectivity index (χ1n) is 8.74. The molecule has 0 radical (unpaired) electrons. The number of carbonyl (C=O) groups excluding carboxylic acids is 2. The zero-order valence-electron chi connectivity index (χ0n) is 14.6. The van der Waals surface area contributed by atoms with Crippen molar-refractivity contribution < 1.29 is 9.59 Å². The molecular weight excluding hydrogens is 320 g/mol. The summed E-state index contributed by atoms with van der Waals surface area (Å²) >= 11 is 1.81. The highest BCUT2D eigenvalue weighted by molar-refractivity contribution is 7.98. The van der Waals surface area contributed by atoms with Gasteiger partial charge in [-0.3, -0.25) is 9.59 Å². The summed E-state index contributed by atoms with van der Waals surface area (Å²) in [6.07, 6.45) is 4.36. The van der Waals surface area contributed by atoms with E-state index in [4.69, 9.17) is 0 Å². The summed E-state index contributed by atoms with van der Waals surface area (Å²) in [5.41, 5.74) is 2.57. The van der Waals surface area contributed by atoms with Gasteiger partial charge in [-0.25, -0.2) is 0 Å². The molecule has 1 fully saturated rings. The fourth-order valence-electron chi connectivity index (χ4n) is 3.14. The average Bonchev–Trinajstić information content (AvgIpc) is 3.08. The van der Waals surface area contributed by atoms with Crippen molar-refractivity contribution in [3.05, 3.63) is 35.4 Å². The van der Waals surface area contributed by atoms with Crippen molar-refractivity contribution in [2.75, 3.05) is 12.3 Å². The Morgan fingerprint density at radius 1 is 1.21 bits per heavy atom. The number of thioether (sulfide) groups is 1. The zero-order chi connectivity index (χ0) is 17.4. The van der Waals surface area contributed by atoms with E-state index in [-0.39, 0.29) is 23.8 Å². The fraction of sp³-hybridized carbons (Fsp3) is 0.579. The third-order valence-electron chi connectivity index (χ3n) is 4.45. The van der Waals surface area contributed by atoms with Crippen molar-refractivity contribution in [2.24, 2.45) is 5.92 Å². The first-order chi connectivity index (χ1) is 11.6. The van der Waals surface area contributed by atoms with E-state index in [2.05, 4.69) is 41.8 Å². The Labute approximate surface area is 149 Å². The van der Waals surface area contributed by atoms with E-state index >= 15 is 0 Å². The van der Waals surface area contributed by atoms with Gasteiger partial charge >= 0.3 is 0 Å². The lowest BCUT2D eigenvalue weighted by molar-refractivity contribution is -0.129. The molecule has 2 rings (SSSR count). The maximum absolute atomic E-state index is 12.4. The van der Waals surface area contributed by atoms with Crippen molar-refractivity contribution in [2.45, 2.75) is 51.3 Å². The number of carbonyl (C=O) groups is 2. The third-order valence-corrected chi connectivity index (χ3v) is 5.48. The molecule has 1 atom stereocenters. The van der Waals surface area contributed by atoms with E-state index in [1.165, 1.54) is 18.1 Å². The number of hydrogen-bond acceptors (Lipinski definition) is 3. The smallest absolute Gasteiger partial charge is 0.242 e. The van der Waals surface area contributed by atoms with E-state index in [1.807, 2.05) is 11.8 Å². The molecule has 0 saturated heterocycles. The third kappa shape index (κ3) is 6.19. The fourth-order valence-corrected chi connectivity index (χ4v) is 3.96. The number of rotatable bonds is 8. The van der Waals surface area contributed by atoms with Crippen LogP contribution in [-0.4, -0.2) is 30.2 Å². The highest BCUT2D eigenvalue weighted by Gasteiger charge is 2.30. The van der Waals surface area contributed by atoms with Crippen LogP contribution in [-0.2, 0) is 15.3 Å². The Balaban J connectivity index is 1.70. The second kappa shape index (κ2) is 9.72. The highest BCUT2D eigenvalue weighted by atomic mass is 32.2. The van der Waals surface area contributed by atoms with E-state index in [9.17, 15) is 9.59 Å². The van der Waals surface area contributed by atoms with Gasteiger partial charge in [0.1, 0.15) is 6.04 Å². The van der Waals surface area contributed by atoms with Crippen LogP contribution in [0, 0.1) is 12.8 Å². The first kappa shape index (κ1) is 18.8. The molecule has 24 heavy (non-hydrogen) atoms. The first-order valence-corrected chi connectivity index (χ1v) is 9.90. The van der Waals surface area contributed by atoms with Crippen molar-refractivity contribution in [1.29, 1.82) is 0 Å². The quantitative estimate of drug-likeness (QED) is 0.710. The standard InChI is InChI=1S/C19H28N2O2S/c1-14-7-9-16(10-8-14)13-24-12-11-20-19(23)18(21-15(2)22)17-5-3-4-6-17/h7-10,17-18H,3-6,11-13H2,1-2H3,(H,20,23)(H,21,22). The van der Waals surface area contributed by atoms with E-state index in [1.54, 1.807) is 0 Å². The lowest BCUT2D eigenvalue weighted by Gasteiger charge is -2.23. The maximum Gasteiger partial charge on any atom is 0.242 e. The lowest BCUT2D eigenvalue weighted by Crippen LogP contribution is -2.50. The van der Waals surface area contributed by atoms with Crippen LogP contribution in [0.4, 0.5) is 0 Å². The van der Waals surface area contributed by atoms with E-state index in [0.717, 1.165) is 37.2 Å². The Morgan fingerprint density at radius 3 is 2.50 bits per heavy atom. The summed E-state index contributed by atoms with van der Waals surface area (Å²) in [4.78, 5) is 23.8. The second-order valence-electron chi connectivity index (χ2n) is 6.55. The van der Waals surface area contributed by atoms with Crippen LogP contribution in [0.5, 0.6) is 0 Å². The zero-order valence-corrected chi connectivity index (χ0v) is 15.5. The number of aryl methyl sites for hydroxylation is 1. The van der Waals surface area contributed by atoms with Gasteiger partial charge in [0.2, 0.25) is 11.8 Å². The maximum atomic E-state index is 12.4. The van der Waals surface area contributed by atoms with Gasteiger partial charge in [-0.1, -0.05) is 42.7 Å². The van der Waals surface area contributed by atoms with Crippen LogP contribution < -0.4 is 10.6 Å². The van der Waals surface area contributed by atoms with Crippen LogP contribution >= 0.6 is 11.8 Å². The molecule has 132 valence electrons. The number of benzene rings is 1. The topological polar surface area (TPSA) is 58.2 Å². The molecule has 1 aromatic rings. The summed E-state index contributed by atoms with van der Waals surface area (Å²) in [6.45, 7) is 4.20. The van der Waals surface area contributed by atoms with Gasteiger partial charge in [0.15, 0.2) is 0 Å². The van der Waals surface area contributed by atoms with Crippen molar-refractivity contribution in [3.63, 3.8) is 0 Å². The predicted molar refractivity (Wildman–Crippen MR) is 99.9 cm³/mol. The lowest BCUT2D eigenvalue weighted by atomic mass is 9.97. The highest BCUT2D eigenvalue weighted by Crippen LogP contribution is 2.27. The Bertz CT molecular complexity index is 539. The molecule has 0 spiro atoms. The predicted octanol–water partition coefficient (Wildman–Crippen LogP) is 3.04. The summed E-state index contributed by atoms with van der Waals surface area (Å²) < 4.78 is 0. The molecule has 0 bridgehead atoms. The molecule has 1 aliphatic carbocycles. The van der Waals surface area contributed by atoms with Crippen LogP contribution in [0.1, 0.15) is 43.7 Å². The molecule has 2 N–H and O–H groups in total. The minimum absolute atomic E-state index is 0.0342. The summed E-state index contributed by atoms with van der Waals surface area (Å²) in [6, 6.07) is 8.17. The molecule has 2 amide bonds. The second-order valence-corrected chi connectivity index (χ2v) is 7.66. The monoisotopic (exact) mass is 348 g/mol. The SMILES string of the molecule is CC(=O)NC(C(=O)NCCSCc1ccc(C)cc1)C1CCCC1. The molecule has 0 aromatic heterocycles. The molecule has 1 saturated carbocycles. The molecule has 4 nitrogen and oxygen atoms in total. The minimum atomic E-state index is -0.368. The molecule has 5 heteroatoms. The van der Waals surface area contributed by atoms with E-state index < -0.39 is 0 Å². The normalized spacial score (nSPS) is 15.9. The summed E-state index contributed by atoms with van der Waals surface area (Å²) in [5, 5.41) is 5.82. The largest absolute Gasteiger partial charge is 0.353 e. The van der Waals surface area contributed by atoms with E-state index in [0.29, 0.717) is 6.54 Å². The van der Waals surface area contributed by atoms with Crippen molar-refractivity contribution in [1.82, 2.24) is 10.6 Å². The van der Waals surface area contributed by atoms with Gasteiger partial charge in [0, 0.05) is 25.0 Å². The average molecular weight is 349 g/mol. The molecule has 0 heterocycles. The molecular formula is C19H28N2O2S. The number of hydrogen-bond donors (Lipinski definition) is 2.